The molecule has 0 saturated carbocycles. The molecule has 0 spiro atoms. The molecule has 9 heteroatoms. The number of epoxide rings is 1. The predicted molar refractivity (Wildman–Crippen MR) is 240 cm³/mol. The van der Waals surface area contributed by atoms with E-state index in [1.807, 2.05) is 49.4 Å². The van der Waals surface area contributed by atoms with Crippen molar-refractivity contribution in [1.29, 1.82) is 0 Å². The standard InChI is InChI=1S/C17H26O4.C17H24O3.C17H24O2/c1-13(9-10-15(18)17(2,3)20)11-12-21-16(19)14-7-5-4-6-8-14;1-13(9-10-15-17(2,3)20-15)11-12-19-16(18)14-7-5-4-6-8-14;1-14(2)8-7-9-15(3)12-13-19-17(18)16-10-5-4-6-11-16/h4-8,13,15,18,20H,9-12H2,1-3H3;4-8,13,15H,9-12H2,1-3H3;4-6,8,10-11,15H,7,9,12-13H2,1-3H3. The summed E-state index contributed by atoms with van der Waals surface area (Å²) < 4.78 is 21.4. The number of carbonyl (C=O) groups excluding carboxylic acids is 3. The van der Waals surface area contributed by atoms with Crippen LogP contribution in [0.25, 0.3) is 0 Å². The van der Waals surface area contributed by atoms with Crippen LogP contribution in [0.4, 0.5) is 0 Å². The average Bonchev–Trinajstić information content (AvgIpc) is 3.85. The number of aliphatic hydroxyl groups is 2. The molecule has 1 heterocycles. The molecular weight excluding hydrogens is 757 g/mol. The van der Waals surface area contributed by atoms with E-state index >= 15 is 0 Å². The van der Waals surface area contributed by atoms with Gasteiger partial charge in [-0.25, -0.2) is 14.4 Å². The summed E-state index contributed by atoms with van der Waals surface area (Å²) in [6, 6.07) is 27.2. The van der Waals surface area contributed by atoms with Gasteiger partial charge in [0.2, 0.25) is 0 Å². The minimum atomic E-state index is -1.07. The van der Waals surface area contributed by atoms with Crippen molar-refractivity contribution in [2.45, 2.75) is 144 Å². The second-order valence-electron chi connectivity index (χ2n) is 17.6. The van der Waals surface area contributed by atoms with Gasteiger partial charge in [0.05, 0.1) is 59.9 Å². The van der Waals surface area contributed by atoms with Crippen molar-refractivity contribution in [1.82, 2.24) is 0 Å². The first-order chi connectivity index (χ1) is 28.4. The first kappa shape index (κ1) is 51.8. The third-order valence-corrected chi connectivity index (χ3v) is 10.6. The van der Waals surface area contributed by atoms with E-state index in [1.54, 1.807) is 62.4 Å². The van der Waals surface area contributed by atoms with Crippen molar-refractivity contribution in [3.05, 3.63) is 119 Å². The lowest BCUT2D eigenvalue weighted by Gasteiger charge is -2.25. The van der Waals surface area contributed by atoms with Gasteiger partial charge < -0.3 is 29.2 Å². The number of rotatable bonds is 22. The molecule has 5 atom stereocenters. The van der Waals surface area contributed by atoms with E-state index in [0.717, 1.165) is 51.4 Å². The van der Waals surface area contributed by atoms with Crippen LogP contribution >= 0.6 is 0 Å². The van der Waals surface area contributed by atoms with Gasteiger partial charge in [-0.1, -0.05) is 87.0 Å². The molecule has 0 amide bonds. The number of allylic oxidation sites excluding steroid dienone is 2. The minimum Gasteiger partial charge on any atom is -0.462 e. The zero-order valence-electron chi connectivity index (χ0n) is 37.9. The topological polar surface area (TPSA) is 132 Å². The summed E-state index contributed by atoms with van der Waals surface area (Å²) in [6.45, 7) is 19.5. The first-order valence-corrected chi connectivity index (χ1v) is 21.8. The van der Waals surface area contributed by atoms with Crippen LogP contribution in [-0.2, 0) is 18.9 Å². The van der Waals surface area contributed by atoms with Crippen LogP contribution in [0.15, 0.2) is 103 Å². The Morgan fingerprint density at radius 1 is 0.633 bits per heavy atom. The normalized spacial score (nSPS) is 15.9. The van der Waals surface area contributed by atoms with Gasteiger partial charge >= 0.3 is 17.9 Å². The molecule has 332 valence electrons. The van der Waals surface area contributed by atoms with Crippen LogP contribution in [-0.4, -0.2) is 71.4 Å². The summed E-state index contributed by atoms with van der Waals surface area (Å²) in [5, 5.41) is 19.4. The van der Waals surface area contributed by atoms with Gasteiger partial charge in [-0.3, -0.25) is 0 Å². The number of ether oxygens (including phenoxy) is 4. The second kappa shape index (κ2) is 27.5. The van der Waals surface area contributed by atoms with Crippen molar-refractivity contribution in [3.8, 4) is 0 Å². The zero-order valence-corrected chi connectivity index (χ0v) is 37.9. The van der Waals surface area contributed by atoms with Crippen LogP contribution in [0.5, 0.6) is 0 Å². The SMILES string of the molecule is CC(C)=CCCC(C)CCOC(=O)c1ccccc1.CC(CCOC(=O)c1ccccc1)CCC(O)C(C)(C)O.CC(CCOC(=O)c1ccccc1)CCC1OC1(C)C. The van der Waals surface area contributed by atoms with E-state index < -0.39 is 11.7 Å². The molecule has 0 aliphatic carbocycles. The van der Waals surface area contributed by atoms with Gasteiger partial charge in [-0.15, -0.1) is 0 Å². The van der Waals surface area contributed by atoms with Gasteiger partial charge in [-0.2, -0.15) is 0 Å². The van der Waals surface area contributed by atoms with E-state index in [2.05, 4.69) is 47.6 Å². The molecule has 3 aromatic rings. The highest BCUT2D eigenvalue weighted by molar-refractivity contribution is 5.90. The molecule has 60 heavy (non-hydrogen) atoms. The van der Waals surface area contributed by atoms with Gasteiger partial charge in [0.25, 0.3) is 0 Å². The molecule has 1 aliphatic heterocycles. The zero-order chi connectivity index (χ0) is 44.6. The van der Waals surface area contributed by atoms with Crippen LogP contribution < -0.4 is 0 Å². The summed E-state index contributed by atoms with van der Waals surface area (Å²) in [6.07, 6.45) is 10.3. The van der Waals surface area contributed by atoms with Gasteiger partial charge in [0.15, 0.2) is 0 Å². The smallest absolute Gasteiger partial charge is 0.338 e. The van der Waals surface area contributed by atoms with E-state index in [0.29, 0.717) is 66.8 Å². The van der Waals surface area contributed by atoms with Crippen LogP contribution in [0.2, 0.25) is 0 Å². The molecule has 4 rings (SSSR count). The van der Waals surface area contributed by atoms with Gasteiger partial charge in [0.1, 0.15) is 0 Å². The van der Waals surface area contributed by atoms with Crippen LogP contribution in [0.3, 0.4) is 0 Å². The maximum Gasteiger partial charge on any atom is 0.338 e. The molecule has 0 radical (unpaired) electrons. The fourth-order valence-electron chi connectivity index (χ4n) is 6.09. The van der Waals surface area contributed by atoms with Crippen LogP contribution in [0, 0.1) is 17.8 Å². The van der Waals surface area contributed by atoms with Crippen molar-refractivity contribution < 1.29 is 43.5 Å². The summed E-state index contributed by atoms with van der Waals surface area (Å²) in [5.41, 5.74) is 2.18. The van der Waals surface area contributed by atoms with E-state index in [1.165, 1.54) is 5.57 Å². The maximum absolute atomic E-state index is 11.7. The summed E-state index contributed by atoms with van der Waals surface area (Å²) in [5.74, 6) is 0.698. The number of benzene rings is 3. The Morgan fingerprint density at radius 3 is 1.32 bits per heavy atom. The second-order valence-corrected chi connectivity index (χ2v) is 17.6. The molecule has 1 fully saturated rings. The largest absolute Gasteiger partial charge is 0.462 e. The fraction of sp³-hybridized carbons (Fsp3) is 0.549. The Hall–Kier alpha value is -4.31. The van der Waals surface area contributed by atoms with Crippen molar-refractivity contribution >= 4 is 17.9 Å². The Bertz CT molecular complexity index is 1660. The van der Waals surface area contributed by atoms with Crippen molar-refractivity contribution in [2.75, 3.05) is 19.8 Å². The van der Waals surface area contributed by atoms with E-state index in [9.17, 15) is 24.6 Å². The van der Waals surface area contributed by atoms with Gasteiger partial charge in [-0.05, 0) is 153 Å². The number of carbonyl (C=O) groups is 3. The summed E-state index contributed by atoms with van der Waals surface area (Å²) in [4.78, 5) is 35.2. The quantitative estimate of drug-likeness (QED) is 0.0439. The first-order valence-electron chi connectivity index (χ1n) is 21.8. The molecule has 1 saturated heterocycles. The molecule has 3 aromatic carbocycles. The molecular formula is C51H74O9. The molecule has 0 bridgehead atoms. The number of esters is 3. The Labute approximate surface area is 360 Å². The van der Waals surface area contributed by atoms with Gasteiger partial charge in [0, 0.05) is 0 Å². The summed E-state index contributed by atoms with van der Waals surface area (Å²) >= 11 is 0. The maximum atomic E-state index is 11.7. The third-order valence-electron chi connectivity index (χ3n) is 10.6. The third kappa shape index (κ3) is 22.9. The van der Waals surface area contributed by atoms with Crippen molar-refractivity contribution in [2.24, 2.45) is 17.8 Å². The molecule has 2 N–H and O–H groups in total. The summed E-state index contributed by atoms with van der Waals surface area (Å²) in [7, 11) is 0. The monoisotopic (exact) mass is 831 g/mol. The predicted octanol–water partition coefficient (Wildman–Crippen LogP) is 11.2. The highest BCUT2D eigenvalue weighted by Gasteiger charge is 2.46. The van der Waals surface area contributed by atoms with Crippen molar-refractivity contribution in [3.63, 3.8) is 0 Å². The molecule has 9 nitrogen and oxygen atoms in total. The minimum absolute atomic E-state index is 0.0828. The Morgan fingerprint density at radius 2 is 0.983 bits per heavy atom. The fourth-order valence-corrected chi connectivity index (χ4v) is 6.09. The lowest BCUT2D eigenvalue weighted by Crippen LogP contribution is -2.36. The lowest BCUT2D eigenvalue weighted by atomic mass is 9.93. The Balaban J connectivity index is 0.000000310. The molecule has 5 unspecified atom stereocenters. The highest BCUT2D eigenvalue weighted by Crippen LogP contribution is 2.39. The highest BCUT2D eigenvalue weighted by atomic mass is 16.6. The number of hydrogen-bond acceptors (Lipinski definition) is 9. The van der Waals surface area contributed by atoms with E-state index in [4.69, 9.17) is 18.9 Å². The average molecular weight is 831 g/mol. The van der Waals surface area contributed by atoms with Crippen LogP contribution in [0.1, 0.15) is 151 Å². The number of hydrogen-bond donors (Lipinski definition) is 2. The Kier molecular flexibility index (Phi) is 23.8. The molecule has 0 aromatic heterocycles. The number of aliphatic hydroxyl groups excluding tert-OH is 1. The molecule has 1 aliphatic rings. The van der Waals surface area contributed by atoms with E-state index in [-0.39, 0.29) is 23.5 Å². The lowest BCUT2D eigenvalue weighted by molar-refractivity contribution is -0.0536.